The van der Waals surface area contributed by atoms with E-state index in [9.17, 15) is 19.1 Å². The summed E-state index contributed by atoms with van der Waals surface area (Å²) in [5, 5.41) is 11.1. The van der Waals surface area contributed by atoms with Crippen molar-refractivity contribution in [3.8, 4) is 5.75 Å². The molecule has 0 saturated heterocycles. The molecule has 152 valence electrons. The maximum Gasteiger partial charge on any atom is 0.274 e. The number of nitrogens with zero attached hydrogens (tertiary/aromatic N) is 3. The number of halogens is 1. The SMILES string of the molecule is Cc1cn(Cc2ccc(F)cc2)c(=O)c2c(O)c3n(c12)[C@@H](C(C)C)CN(C)C3=O. The van der Waals surface area contributed by atoms with Gasteiger partial charge < -0.3 is 19.1 Å². The van der Waals surface area contributed by atoms with Gasteiger partial charge in [-0.3, -0.25) is 9.59 Å². The molecule has 0 unspecified atom stereocenters. The predicted octanol–water partition coefficient (Wildman–Crippen LogP) is 3.29. The molecular weight excluding hydrogens is 373 g/mol. The molecule has 1 N–H and O–H groups in total. The van der Waals surface area contributed by atoms with Crippen molar-refractivity contribution in [2.75, 3.05) is 13.6 Å². The third kappa shape index (κ3) is 2.92. The highest BCUT2D eigenvalue weighted by atomic mass is 19.1. The molecule has 3 heterocycles. The predicted molar refractivity (Wildman–Crippen MR) is 109 cm³/mol. The number of carbonyl (C=O) groups excluding carboxylic acids is 1. The first-order valence-electron chi connectivity index (χ1n) is 9.67. The zero-order valence-corrected chi connectivity index (χ0v) is 16.9. The summed E-state index contributed by atoms with van der Waals surface area (Å²) in [6.45, 7) is 6.76. The molecule has 2 aromatic heterocycles. The molecule has 4 rings (SSSR count). The quantitative estimate of drug-likeness (QED) is 0.738. The molecule has 1 aliphatic rings. The summed E-state index contributed by atoms with van der Waals surface area (Å²) in [6.07, 6.45) is 1.74. The maximum absolute atomic E-state index is 13.2. The third-order valence-corrected chi connectivity index (χ3v) is 5.76. The second-order valence-corrected chi connectivity index (χ2v) is 8.16. The Morgan fingerprint density at radius 1 is 1.21 bits per heavy atom. The van der Waals surface area contributed by atoms with Gasteiger partial charge in [0, 0.05) is 19.8 Å². The first-order chi connectivity index (χ1) is 13.7. The van der Waals surface area contributed by atoms with Crippen molar-refractivity contribution in [2.24, 2.45) is 5.92 Å². The van der Waals surface area contributed by atoms with Crippen LogP contribution in [0.5, 0.6) is 5.75 Å². The lowest BCUT2D eigenvalue weighted by Gasteiger charge is -2.35. The van der Waals surface area contributed by atoms with Crippen molar-refractivity contribution in [2.45, 2.75) is 33.4 Å². The van der Waals surface area contributed by atoms with E-state index in [0.29, 0.717) is 12.1 Å². The topological polar surface area (TPSA) is 67.5 Å². The second-order valence-electron chi connectivity index (χ2n) is 8.16. The van der Waals surface area contributed by atoms with Crippen molar-refractivity contribution in [3.05, 3.63) is 63.5 Å². The van der Waals surface area contributed by atoms with Gasteiger partial charge in [0.1, 0.15) is 11.2 Å². The Bertz CT molecular complexity index is 1170. The van der Waals surface area contributed by atoms with Gasteiger partial charge in [-0.1, -0.05) is 26.0 Å². The van der Waals surface area contributed by atoms with Crippen molar-refractivity contribution in [3.63, 3.8) is 0 Å². The minimum Gasteiger partial charge on any atom is -0.505 e. The summed E-state index contributed by atoms with van der Waals surface area (Å²) in [5.74, 6) is -0.684. The van der Waals surface area contributed by atoms with Gasteiger partial charge in [0.2, 0.25) is 0 Å². The maximum atomic E-state index is 13.2. The van der Waals surface area contributed by atoms with Crippen LogP contribution in [-0.2, 0) is 6.54 Å². The molecular formula is C22H24FN3O3. The third-order valence-electron chi connectivity index (χ3n) is 5.76. The number of carbonyl (C=O) groups is 1. The Hall–Kier alpha value is -3.09. The highest BCUT2D eigenvalue weighted by molar-refractivity contribution is 6.05. The lowest BCUT2D eigenvalue weighted by atomic mass is 10.0. The van der Waals surface area contributed by atoms with E-state index in [1.807, 2.05) is 11.5 Å². The van der Waals surface area contributed by atoms with Crippen molar-refractivity contribution in [1.29, 1.82) is 0 Å². The van der Waals surface area contributed by atoms with E-state index in [-0.39, 0.29) is 52.6 Å². The fourth-order valence-electron chi connectivity index (χ4n) is 4.24. The van der Waals surface area contributed by atoms with E-state index in [4.69, 9.17) is 0 Å². The minimum atomic E-state index is -0.368. The Labute approximate surface area is 167 Å². The Kier molecular flexibility index (Phi) is 4.48. The Morgan fingerprint density at radius 2 is 1.86 bits per heavy atom. The smallest absolute Gasteiger partial charge is 0.274 e. The van der Waals surface area contributed by atoms with Crippen LogP contribution in [0.15, 0.2) is 35.3 Å². The second kappa shape index (κ2) is 6.76. The number of aryl methyl sites for hydroxylation is 1. The zero-order chi connectivity index (χ0) is 21.0. The number of hydrogen-bond acceptors (Lipinski definition) is 3. The average molecular weight is 397 g/mol. The van der Waals surface area contributed by atoms with Crippen LogP contribution in [0.4, 0.5) is 4.39 Å². The van der Waals surface area contributed by atoms with Gasteiger partial charge in [-0.2, -0.15) is 0 Å². The zero-order valence-electron chi connectivity index (χ0n) is 16.9. The van der Waals surface area contributed by atoms with Crippen molar-refractivity contribution in [1.82, 2.24) is 14.0 Å². The van der Waals surface area contributed by atoms with E-state index < -0.39 is 0 Å². The molecule has 3 aromatic rings. The molecule has 1 aromatic carbocycles. The summed E-state index contributed by atoms with van der Waals surface area (Å²) in [4.78, 5) is 27.6. The van der Waals surface area contributed by atoms with Crippen LogP contribution in [0.1, 0.15) is 41.5 Å². The van der Waals surface area contributed by atoms with Crippen LogP contribution in [-0.4, -0.2) is 38.6 Å². The highest BCUT2D eigenvalue weighted by Gasteiger charge is 2.37. The number of benzene rings is 1. The van der Waals surface area contributed by atoms with Gasteiger partial charge in [-0.05, 0) is 36.1 Å². The number of pyridine rings is 1. The van der Waals surface area contributed by atoms with E-state index in [1.54, 1.807) is 30.3 Å². The number of rotatable bonds is 3. The summed E-state index contributed by atoms with van der Waals surface area (Å²) in [6, 6.07) is 5.91. The Morgan fingerprint density at radius 3 is 2.48 bits per heavy atom. The van der Waals surface area contributed by atoms with Crippen LogP contribution >= 0.6 is 0 Å². The largest absolute Gasteiger partial charge is 0.505 e. The Balaban J connectivity index is 1.97. The molecule has 29 heavy (non-hydrogen) atoms. The summed E-state index contributed by atoms with van der Waals surface area (Å²) < 4.78 is 16.5. The van der Waals surface area contributed by atoms with Gasteiger partial charge in [0.15, 0.2) is 11.4 Å². The number of hydrogen-bond donors (Lipinski definition) is 1. The molecule has 1 aliphatic heterocycles. The first kappa shape index (κ1) is 19.2. The fraction of sp³-hybridized carbons (Fsp3) is 0.364. The van der Waals surface area contributed by atoms with Crippen LogP contribution in [0, 0.1) is 18.7 Å². The molecule has 0 bridgehead atoms. The number of amides is 1. The van der Waals surface area contributed by atoms with E-state index in [2.05, 4.69) is 13.8 Å². The monoisotopic (exact) mass is 397 g/mol. The van der Waals surface area contributed by atoms with Crippen LogP contribution < -0.4 is 5.56 Å². The minimum absolute atomic E-state index is 0.0397. The number of fused-ring (bicyclic) bond motifs is 3. The van der Waals surface area contributed by atoms with Gasteiger partial charge in [0.25, 0.3) is 11.5 Å². The lowest BCUT2D eigenvalue weighted by molar-refractivity contribution is 0.0694. The number of likely N-dealkylation sites (N-methyl/N-ethyl adjacent to an activating group) is 1. The average Bonchev–Trinajstić information content (AvgIpc) is 2.98. The molecule has 0 fully saturated rings. The van der Waals surface area contributed by atoms with Gasteiger partial charge in [-0.25, -0.2) is 4.39 Å². The van der Waals surface area contributed by atoms with Gasteiger partial charge in [-0.15, -0.1) is 0 Å². The fourth-order valence-corrected chi connectivity index (χ4v) is 4.24. The summed E-state index contributed by atoms with van der Waals surface area (Å²) in [5.41, 5.74) is 1.98. The molecule has 0 aliphatic carbocycles. The van der Waals surface area contributed by atoms with Crippen molar-refractivity contribution >= 4 is 16.8 Å². The number of aromatic nitrogens is 2. The summed E-state index contributed by atoms with van der Waals surface area (Å²) in [7, 11) is 1.71. The molecule has 1 atom stereocenters. The standard InChI is InChI=1S/C22H24FN3O3/c1-12(2)16-11-24(4)22(29)19-20(27)17-18(26(16)19)13(3)9-25(21(17)28)10-14-5-7-15(23)8-6-14/h5-9,12,16,27H,10-11H2,1-4H3/t16-/m1/s1. The van der Waals surface area contributed by atoms with E-state index >= 15 is 0 Å². The lowest BCUT2D eigenvalue weighted by Crippen LogP contribution is -2.42. The highest BCUT2D eigenvalue weighted by Crippen LogP contribution is 2.39. The molecule has 6 nitrogen and oxygen atoms in total. The van der Waals surface area contributed by atoms with E-state index in [1.165, 1.54) is 16.7 Å². The first-order valence-corrected chi connectivity index (χ1v) is 9.67. The molecule has 0 radical (unpaired) electrons. The molecule has 0 saturated carbocycles. The number of aromatic hydroxyl groups is 1. The summed E-state index contributed by atoms with van der Waals surface area (Å²) >= 11 is 0. The molecule has 0 spiro atoms. The van der Waals surface area contributed by atoms with Gasteiger partial charge >= 0.3 is 0 Å². The van der Waals surface area contributed by atoms with Crippen LogP contribution in [0.2, 0.25) is 0 Å². The molecule has 1 amide bonds. The van der Waals surface area contributed by atoms with Crippen LogP contribution in [0.3, 0.4) is 0 Å². The van der Waals surface area contributed by atoms with Crippen molar-refractivity contribution < 1.29 is 14.3 Å². The normalized spacial score (nSPS) is 16.7. The molecule has 7 heteroatoms. The van der Waals surface area contributed by atoms with E-state index in [0.717, 1.165) is 11.1 Å². The van der Waals surface area contributed by atoms with Crippen LogP contribution in [0.25, 0.3) is 10.9 Å². The van der Waals surface area contributed by atoms with Gasteiger partial charge in [0.05, 0.1) is 18.1 Å².